The molecule has 11 heavy (non-hydrogen) atoms. The fraction of sp³-hybridized carbons (Fsp3) is 0.250. The largest absolute Gasteiger partial charge is 0.491 e. The van der Waals surface area contributed by atoms with Crippen LogP contribution in [0.25, 0.3) is 0 Å². The van der Waals surface area contributed by atoms with Gasteiger partial charge in [-0.2, -0.15) is 0 Å². The van der Waals surface area contributed by atoms with E-state index in [0.29, 0.717) is 6.61 Å². The number of benzene rings is 1. The van der Waals surface area contributed by atoms with E-state index >= 15 is 0 Å². The summed E-state index contributed by atoms with van der Waals surface area (Å²) in [7, 11) is 0. The maximum absolute atomic E-state index is 8.47. The molecule has 0 saturated carbocycles. The lowest BCUT2D eigenvalue weighted by molar-refractivity contribution is 0.201. The fourth-order valence-electron chi connectivity index (χ4n) is 0.720. The van der Waals surface area contributed by atoms with Crippen molar-refractivity contribution in [2.24, 2.45) is 0 Å². The van der Waals surface area contributed by atoms with Gasteiger partial charge in [-0.1, -0.05) is 6.07 Å². The Kier molecular flexibility index (Phi) is 3.65. The van der Waals surface area contributed by atoms with Gasteiger partial charge in [0, 0.05) is 3.57 Å². The second-order valence-electron chi connectivity index (χ2n) is 2.03. The van der Waals surface area contributed by atoms with Crippen LogP contribution in [0.3, 0.4) is 0 Å². The molecule has 1 aromatic carbocycles. The highest BCUT2D eigenvalue weighted by atomic mass is 127. The number of halogens is 1. The molecule has 0 spiro atoms. The monoisotopic (exact) mass is 264 g/mol. The van der Waals surface area contributed by atoms with Crippen LogP contribution in [0, 0.1) is 3.57 Å². The predicted octanol–water partition coefficient (Wildman–Crippen LogP) is 1.66. The van der Waals surface area contributed by atoms with Crippen molar-refractivity contribution < 1.29 is 9.84 Å². The minimum atomic E-state index is 0.0610. The summed E-state index contributed by atoms with van der Waals surface area (Å²) in [4.78, 5) is 0. The smallest absolute Gasteiger partial charge is 0.120 e. The number of aliphatic hydroxyl groups excluding tert-OH is 1. The van der Waals surface area contributed by atoms with Gasteiger partial charge >= 0.3 is 0 Å². The zero-order valence-corrected chi connectivity index (χ0v) is 8.11. The van der Waals surface area contributed by atoms with Crippen LogP contribution in [-0.4, -0.2) is 18.3 Å². The van der Waals surface area contributed by atoms with E-state index < -0.39 is 0 Å². The van der Waals surface area contributed by atoms with Gasteiger partial charge in [-0.3, -0.25) is 0 Å². The normalized spacial score (nSPS) is 9.64. The zero-order valence-electron chi connectivity index (χ0n) is 5.96. The summed E-state index contributed by atoms with van der Waals surface area (Å²) in [5.74, 6) is 0.811. The van der Waals surface area contributed by atoms with Crippen LogP contribution in [0.5, 0.6) is 5.75 Å². The van der Waals surface area contributed by atoms with E-state index in [-0.39, 0.29) is 6.61 Å². The topological polar surface area (TPSA) is 29.5 Å². The summed E-state index contributed by atoms with van der Waals surface area (Å²) in [5.41, 5.74) is 0. The van der Waals surface area contributed by atoms with Crippen molar-refractivity contribution in [2.45, 2.75) is 0 Å². The van der Waals surface area contributed by atoms with E-state index in [4.69, 9.17) is 9.84 Å². The first-order chi connectivity index (χ1) is 5.33. The highest BCUT2D eigenvalue weighted by Crippen LogP contribution is 2.14. The molecule has 3 heteroatoms. The molecule has 1 rings (SSSR count). The molecule has 0 bridgehead atoms. The number of hydrogen-bond acceptors (Lipinski definition) is 2. The van der Waals surface area contributed by atoms with Crippen molar-refractivity contribution >= 4 is 22.6 Å². The first-order valence-corrected chi connectivity index (χ1v) is 4.40. The fourth-order valence-corrected chi connectivity index (χ4v) is 1.23. The van der Waals surface area contributed by atoms with Gasteiger partial charge in [0.2, 0.25) is 0 Å². The minimum Gasteiger partial charge on any atom is -0.491 e. The van der Waals surface area contributed by atoms with Crippen LogP contribution in [0.1, 0.15) is 0 Å². The third kappa shape index (κ3) is 3.07. The quantitative estimate of drug-likeness (QED) is 0.841. The molecule has 2 nitrogen and oxygen atoms in total. The molecule has 0 aliphatic carbocycles. The maximum Gasteiger partial charge on any atom is 0.120 e. The number of ether oxygens (including phenoxy) is 1. The van der Waals surface area contributed by atoms with Gasteiger partial charge in [0.05, 0.1) is 6.61 Å². The van der Waals surface area contributed by atoms with Crippen molar-refractivity contribution in [2.75, 3.05) is 13.2 Å². The highest BCUT2D eigenvalue weighted by molar-refractivity contribution is 14.1. The van der Waals surface area contributed by atoms with Crippen LogP contribution in [0.2, 0.25) is 0 Å². The van der Waals surface area contributed by atoms with Gasteiger partial charge in [0.1, 0.15) is 12.4 Å². The Balaban J connectivity index is 2.56. The van der Waals surface area contributed by atoms with Crippen molar-refractivity contribution in [3.8, 4) is 5.75 Å². The molecule has 0 heterocycles. The van der Waals surface area contributed by atoms with Crippen molar-refractivity contribution in [1.29, 1.82) is 0 Å². The van der Waals surface area contributed by atoms with Gasteiger partial charge in [0.25, 0.3) is 0 Å². The summed E-state index contributed by atoms with van der Waals surface area (Å²) >= 11 is 2.21. The molecule has 0 amide bonds. The third-order valence-corrected chi connectivity index (χ3v) is 1.83. The predicted molar refractivity (Wildman–Crippen MR) is 51.7 cm³/mol. The van der Waals surface area contributed by atoms with Crippen LogP contribution in [0.4, 0.5) is 0 Å². The van der Waals surface area contributed by atoms with Crippen LogP contribution < -0.4 is 4.74 Å². The Morgan fingerprint density at radius 1 is 1.45 bits per heavy atom. The van der Waals surface area contributed by atoms with Crippen LogP contribution in [0.15, 0.2) is 24.3 Å². The average molecular weight is 264 g/mol. The summed E-state index contributed by atoms with van der Waals surface area (Å²) in [6, 6.07) is 7.72. The minimum absolute atomic E-state index is 0.0610. The second kappa shape index (κ2) is 4.56. The van der Waals surface area contributed by atoms with Gasteiger partial charge in [-0.15, -0.1) is 0 Å². The lowest BCUT2D eigenvalue weighted by atomic mass is 10.3. The summed E-state index contributed by atoms with van der Waals surface area (Å²) in [5, 5.41) is 8.47. The highest BCUT2D eigenvalue weighted by Gasteiger charge is 1.91. The third-order valence-electron chi connectivity index (χ3n) is 1.16. The standard InChI is InChI=1S/C8H9IO2/c9-7-2-1-3-8(6-7)11-5-4-10/h1-3,6,10H,4-5H2. The van der Waals surface area contributed by atoms with Gasteiger partial charge in [0.15, 0.2) is 0 Å². The van der Waals surface area contributed by atoms with E-state index in [1.807, 2.05) is 24.3 Å². The van der Waals surface area contributed by atoms with E-state index in [9.17, 15) is 0 Å². The van der Waals surface area contributed by atoms with Crippen LogP contribution in [-0.2, 0) is 0 Å². The molecule has 0 unspecified atom stereocenters. The SMILES string of the molecule is OCCOc1cccc(I)c1. The maximum atomic E-state index is 8.47. The molecule has 1 N–H and O–H groups in total. The van der Waals surface area contributed by atoms with Gasteiger partial charge in [-0.05, 0) is 40.8 Å². The molecular weight excluding hydrogens is 255 g/mol. The zero-order chi connectivity index (χ0) is 8.10. The summed E-state index contributed by atoms with van der Waals surface area (Å²) < 4.78 is 6.32. The molecule has 0 radical (unpaired) electrons. The molecule has 60 valence electrons. The van der Waals surface area contributed by atoms with E-state index in [2.05, 4.69) is 22.6 Å². The van der Waals surface area contributed by atoms with E-state index in [1.54, 1.807) is 0 Å². The van der Waals surface area contributed by atoms with Crippen LogP contribution >= 0.6 is 22.6 Å². The van der Waals surface area contributed by atoms with Crippen molar-refractivity contribution in [3.05, 3.63) is 27.8 Å². The van der Waals surface area contributed by atoms with E-state index in [1.165, 1.54) is 0 Å². The molecule has 0 aliphatic heterocycles. The average Bonchev–Trinajstić information content (AvgIpc) is 2.01. The molecule has 1 aromatic rings. The summed E-state index contributed by atoms with van der Waals surface area (Å²) in [6.07, 6.45) is 0. The Morgan fingerprint density at radius 2 is 2.27 bits per heavy atom. The second-order valence-corrected chi connectivity index (χ2v) is 3.28. The Morgan fingerprint density at radius 3 is 2.91 bits per heavy atom. The van der Waals surface area contributed by atoms with Crippen molar-refractivity contribution in [1.82, 2.24) is 0 Å². The lowest BCUT2D eigenvalue weighted by Gasteiger charge is -2.02. The Bertz CT molecular complexity index is 225. The summed E-state index contributed by atoms with van der Waals surface area (Å²) in [6.45, 7) is 0.422. The molecule has 0 aromatic heterocycles. The number of aliphatic hydroxyl groups is 1. The first kappa shape index (κ1) is 8.80. The molecular formula is C8H9IO2. The Hall–Kier alpha value is -0.290. The van der Waals surface area contributed by atoms with Crippen molar-refractivity contribution in [3.63, 3.8) is 0 Å². The first-order valence-electron chi connectivity index (χ1n) is 3.32. The molecule has 0 aliphatic rings. The Labute approximate surface area is 79.3 Å². The van der Waals surface area contributed by atoms with E-state index in [0.717, 1.165) is 9.32 Å². The number of hydrogen-bond donors (Lipinski definition) is 1. The molecule has 0 atom stereocenters. The molecule has 0 fully saturated rings. The lowest BCUT2D eigenvalue weighted by Crippen LogP contribution is -2.01. The molecule has 0 saturated heterocycles. The number of rotatable bonds is 3. The van der Waals surface area contributed by atoms with Gasteiger partial charge < -0.3 is 9.84 Å². The van der Waals surface area contributed by atoms with Gasteiger partial charge in [-0.25, -0.2) is 0 Å².